The minimum Gasteiger partial charge on any atom is -0.224 e. The Kier molecular flexibility index (Phi) is 4.09. The number of rotatable bonds is 4. The Labute approximate surface area is 135 Å². The molecule has 0 saturated carbocycles. The van der Waals surface area contributed by atoms with E-state index in [0.29, 0.717) is 5.56 Å². The minimum atomic E-state index is -3.75. The second-order valence-electron chi connectivity index (χ2n) is 5.25. The molecule has 0 aliphatic carbocycles. The van der Waals surface area contributed by atoms with Gasteiger partial charge in [0, 0.05) is 5.41 Å². The molecular weight excluding hydrogens is 334 g/mol. The first-order valence-corrected chi connectivity index (χ1v) is 10.1. The molecule has 0 spiro atoms. The summed E-state index contributed by atoms with van der Waals surface area (Å²) in [7, 11) is -7.20. The molecule has 1 N–H and O–H groups in total. The maximum atomic E-state index is 12.2. The van der Waals surface area contributed by atoms with E-state index in [9.17, 15) is 16.8 Å². The van der Waals surface area contributed by atoms with Gasteiger partial charge in [-0.25, -0.2) is 21.6 Å². The van der Waals surface area contributed by atoms with E-state index in [2.05, 4.69) is 4.72 Å². The van der Waals surface area contributed by atoms with Crippen molar-refractivity contribution in [3.8, 4) is 0 Å². The van der Waals surface area contributed by atoms with Crippen molar-refractivity contribution in [1.29, 1.82) is 0 Å². The SMILES string of the molecule is O=S(=O)(/C=C\c1ccccc1)N[C@@H]1CS(=O)(=O)c2ccccc21. The van der Waals surface area contributed by atoms with E-state index >= 15 is 0 Å². The molecule has 1 heterocycles. The van der Waals surface area contributed by atoms with Crippen LogP contribution >= 0.6 is 0 Å². The first-order chi connectivity index (χ1) is 10.9. The highest BCUT2D eigenvalue weighted by atomic mass is 32.2. The third-order valence-electron chi connectivity index (χ3n) is 3.56. The molecule has 1 aliphatic heterocycles. The van der Waals surface area contributed by atoms with Crippen LogP contribution in [-0.4, -0.2) is 22.6 Å². The third-order valence-corrected chi connectivity index (χ3v) is 6.48. The number of hydrogen-bond acceptors (Lipinski definition) is 4. The fourth-order valence-corrected chi connectivity index (χ4v) is 5.38. The summed E-state index contributed by atoms with van der Waals surface area (Å²) in [6.45, 7) is 0. The Morgan fingerprint density at radius 2 is 1.65 bits per heavy atom. The van der Waals surface area contributed by atoms with Gasteiger partial charge in [-0.05, 0) is 23.3 Å². The number of sulfone groups is 1. The van der Waals surface area contributed by atoms with Gasteiger partial charge in [0.15, 0.2) is 9.84 Å². The van der Waals surface area contributed by atoms with Crippen LogP contribution in [0.1, 0.15) is 17.2 Å². The summed E-state index contributed by atoms with van der Waals surface area (Å²) in [5.74, 6) is -0.259. The number of fused-ring (bicyclic) bond motifs is 1. The third kappa shape index (κ3) is 3.52. The van der Waals surface area contributed by atoms with Crippen LogP contribution in [0.2, 0.25) is 0 Å². The summed E-state index contributed by atoms with van der Waals surface area (Å²) >= 11 is 0. The zero-order valence-corrected chi connectivity index (χ0v) is 13.7. The van der Waals surface area contributed by atoms with Crippen LogP contribution in [0.3, 0.4) is 0 Å². The number of nitrogens with one attached hydrogen (secondary N) is 1. The quantitative estimate of drug-likeness (QED) is 0.917. The van der Waals surface area contributed by atoms with Gasteiger partial charge in [-0.2, -0.15) is 0 Å². The van der Waals surface area contributed by atoms with Crippen LogP contribution in [0.4, 0.5) is 0 Å². The van der Waals surface area contributed by atoms with Crippen molar-refractivity contribution < 1.29 is 16.8 Å². The van der Waals surface area contributed by atoms with E-state index in [1.807, 2.05) is 6.07 Å². The number of benzene rings is 2. The summed E-state index contributed by atoms with van der Waals surface area (Å²) in [5.41, 5.74) is 1.24. The van der Waals surface area contributed by atoms with Gasteiger partial charge in [0.2, 0.25) is 10.0 Å². The van der Waals surface area contributed by atoms with Crippen molar-refractivity contribution in [2.45, 2.75) is 10.9 Å². The van der Waals surface area contributed by atoms with E-state index in [4.69, 9.17) is 0 Å². The molecule has 3 rings (SSSR count). The lowest BCUT2D eigenvalue weighted by atomic mass is 10.1. The molecule has 1 atom stereocenters. The second kappa shape index (κ2) is 5.92. The molecule has 23 heavy (non-hydrogen) atoms. The smallest absolute Gasteiger partial charge is 0.224 e. The molecule has 0 unspecified atom stereocenters. The van der Waals surface area contributed by atoms with E-state index in [1.165, 1.54) is 12.1 Å². The van der Waals surface area contributed by atoms with Crippen LogP contribution in [-0.2, 0) is 19.9 Å². The van der Waals surface area contributed by atoms with E-state index in [0.717, 1.165) is 11.0 Å². The molecule has 0 amide bonds. The highest BCUT2D eigenvalue weighted by Gasteiger charge is 2.35. The normalized spacial score (nSPS) is 19.7. The molecule has 2 aromatic carbocycles. The maximum absolute atomic E-state index is 12.2. The molecule has 0 radical (unpaired) electrons. The maximum Gasteiger partial charge on any atom is 0.234 e. The van der Waals surface area contributed by atoms with Crippen molar-refractivity contribution >= 4 is 25.9 Å². The molecule has 120 valence electrons. The molecule has 0 aromatic heterocycles. The lowest BCUT2D eigenvalue weighted by molar-refractivity contribution is 0.574. The highest BCUT2D eigenvalue weighted by molar-refractivity contribution is 7.93. The molecule has 0 fully saturated rings. The Morgan fingerprint density at radius 1 is 1.00 bits per heavy atom. The average Bonchev–Trinajstić information content (AvgIpc) is 2.77. The standard InChI is InChI=1S/C16H15NO4S2/c18-22(19)12-15(14-8-4-5-9-16(14)22)17-23(20,21)11-10-13-6-2-1-3-7-13/h1-11,15,17H,12H2/b11-10-/t15-/m1/s1. The second-order valence-corrected chi connectivity index (χ2v) is 8.85. The summed E-state index contributed by atoms with van der Waals surface area (Å²) in [5, 5.41) is 1.05. The van der Waals surface area contributed by atoms with Gasteiger partial charge < -0.3 is 0 Å². The molecule has 0 saturated heterocycles. The lowest BCUT2D eigenvalue weighted by Crippen LogP contribution is -2.27. The fourth-order valence-electron chi connectivity index (χ4n) is 2.52. The number of sulfonamides is 1. The zero-order chi connectivity index (χ0) is 16.5. The Bertz CT molecular complexity index is 949. The Hall–Kier alpha value is -1.96. The summed E-state index contributed by atoms with van der Waals surface area (Å²) in [6, 6.07) is 14.7. The van der Waals surface area contributed by atoms with Gasteiger partial charge in [0.05, 0.1) is 16.7 Å². The van der Waals surface area contributed by atoms with Gasteiger partial charge in [0.1, 0.15) is 0 Å². The van der Waals surface area contributed by atoms with Crippen LogP contribution < -0.4 is 4.72 Å². The van der Waals surface area contributed by atoms with Crippen molar-refractivity contribution in [3.63, 3.8) is 0 Å². The molecule has 2 aromatic rings. The van der Waals surface area contributed by atoms with Crippen LogP contribution in [0.5, 0.6) is 0 Å². The van der Waals surface area contributed by atoms with Crippen molar-refractivity contribution in [2.75, 3.05) is 5.75 Å². The molecular formula is C16H15NO4S2. The molecule has 5 nitrogen and oxygen atoms in total. The summed E-state index contributed by atoms with van der Waals surface area (Å²) < 4.78 is 51.0. The van der Waals surface area contributed by atoms with Crippen molar-refractivity contribution in [3.05, 3.63) is 71.1 Å². The molecule has 7 heteroatoms. The van der Waals surface area contributed by atoms with E-state index < -0.39 is 25.9 Å². The summed E-state index contributed by atoms with van der Waals surface area (Å²) in [4.78, 5) is 0.194. The molecule has 1 aliphatic rings. The van der Waals surface area contributed by atoms with Gasteiger partial charge in [-0.15, -0.1) is 0 Å². The van der Waals surface area contributed by atoms with Gasteiger partial charge in [0.25, 0.3) is 0 Å². The zero-order valence-electron chi connectivity index (χ0n) is 12.1. The minimum absolute atomic E-state index is 0.194. The van der Waals surface area contributed by atoms with Crippen molar-refractivity contribution in [1.82, 2.24) is 4.72 Å². The van der Waals surface area contributed by atoms with Gasteiger partial charge in [-0.1, -0.05) is 48.5 Å². The van der Waals surface area contributed by atoms with Crippen LogP contribution in [0.15, 0.2) is 64.9 Å². The Morgan fingerprint density at radius 3 is 2.39 bits per heavy atom. The fraction of sp³-hybridized carbons (Fsp3) is 0.125. The average molecular weight is 349 g/mol. The lowest BCUT2D eigenvalue weighted by Gasteiger charge is -2.10. The summed E-state index contributed by atoms with van der Waals surface area (Å²) in [6.07, 6.45) is 1.47. The monoisotopic (exact) mass is 349 g/mol. The topological polar surface area (TPSA) is 80.3 Å². The predicted molar refractivity (Wildman–Crippen MR) is 88.8 cm³/mol. The van der Waals surface area contributed by atoms with Gasteiger partial charge in [-0.3, -0.25) is 0 Å². The Balaban J connectivity index is 1.84. The van der Waals surface area contributed by atoms with Crippen LogP contribution in [0, 0.1) is 0 Å². The largest absolute Gasteiger partial charge is 0.234 e. The number of hydrogen-bond donors (Lipinski definition) is 1. The first kappa shape index (κ1) is 15.9. The van der Waals surface area contributed by atoms with E-state index in [-0.39, 0.29) is 10.6 Å². The van der Waals surface area contributed by atoms with Crippen LogP contribution in [0.25, 0.3) is 6.08 Å². The van der Waals surface area contributed by atoms with E-state index in [1.54, 1.807) is 42.5 Å². The van der Waals surface area contributed by atoms with Crippen molar-refractivity contribution in [2.24, 2.45) is 0 Å². The van der Waals surface area contributed by atoms with Gasteiger partial charge >= 0.3 is 0 Å². The first-order valence-electron chi connectivity index (χ1n) is 6.94. The molecule has 0 bridgehead atoms. The highest BCUT2D eigenvalue weighted by Crippen LogP contribution is 2.33. The predicted octanol–water partition coefficient (Wildman–Crippen LogP) is 2.11.